The van der Waals surface area contributed by atoms with Crippen LogP contribution < -0.4 is 10.0 Å². The molecule has 0 atom stereocenters. The van der Waals surface area contributed by atoms with Gasteiger partial charge in [-0.05, 0) is 72.8 Å². The number of aromatic nitrogens is 1. The summed E-state index contributed by atoms with van der Waals surface area (Å²) in [6.07, 6.45) is 3.52. The van der Waals surface area contributed by atoms with E-state index >= 15 is 0 Å². The molecule has 5 heteroatoms. The summed E-state index contributed by atoms with van der Waals surface area (Å²) in [6.45, 7) is 4.01. The number of aryl methyl sites for hydroxylation is 1. The Morgan fingerprint density at radius 2 is 1.57 bits per heavy atom. The van der Waals surface area contributed by atoms with Crippen molar-refractivity contribution in [1.82, 2.24) is 9.29 Å². The number of nitrogens with zero attached hydrogens (tertiary/aromatic N) is 1. The maximum absolute atomic E-state index is 12.5. The van der Waals surface area contributed by atoms with Gasteiger partial charge in [0.15, 0.2) is 0 Å². The average Bonchev–Trinajstić information content (AvgIpc) is 3.21. The van der Waals surface area contributed by atoms with E-state index in [4.69, 9.17) is 0 Å². The number of fused-ring (bicyclic) bond motifs is 4. The Morgan fingerprint density at radius 3 is 2.46 bits per heavy atom. The Labute approximate surface area is 210 Å². The summed E-state index contributed by atoms with van der Waals surface area (Å²) in [5, 5.41) is 8.06. The van der Waals surface area contributed by atoms with E-state index in [2.05, 4.69) is 100 Å². The van der Waals surface area contributed by atoms with E-state index in [1.807, 2.05) is 6.07 Å². The summed E-state index contributed by atoms with van der Waals surface area (Å²) in [7, 11) is 0. The monoisotopic (exact) mass is 481 g/mol. The number of amides is 1. The molecule has 0 bridgehead atoms. The molecular formula is C30H31N3OS. The van der Waals surface area contributed by atoms with E-state index in [0.29, 0.717) is 6.42 Å². The van der Waals surface area contributed by atoms with Crippen LogP contribution in [0.5, 0.6) is 0 Å². The minimum Gasteiger partial charge on any atom is -0.341 e. The second-order valence-electron chi connectivity index (χ2n) is 8.83. The summed E-state index contributed by atoms with van der Waals surface area (Å²) in [6, 6.07) is 29.6. The van der Waals surface area contributed by atoms with Crippen LogP contribution in [0.25, 0.3) is 32.6 Å². The Kier molecular flexibility index (Phi) is 7.36. The molecule has 4 aromatic carbocycles. The van der Waals surface area contributed by atoms with Gasteiger partial charge < -0.3 is 9.88 Å². The van der Waals surface area contributed by atoms with Gasteiger partial charge in [0.2, 0.25) is 5.91 Å². The van der Waals surface area contributed by atoms with E-state index in [9.17, 15) is 4.79 Å². The molecule has 0 fully saturated rings. The van der Waals surface area contributed by atoms with Gasteiger partial charge in [0.1, 0.15) is 0 Å². The van der Waals surface area contributed by atoms with Crippen molar-refractivity contribution in [2.45, 2.75) is 44.0 Å². The number of nitrogens with one attached hydrogen (secondary N) is 2. The van der Waals surface area contributed by atoms with E-state index in [-0.39, 0.29) is 5.91 Å². The zero-order chi connectivity index (χ0) is 24.0. The zero-order valence-corrected chi connectivity index (χ0v) is 20.9. The highest BCUT2D eigenvalue weighted by molar-refractivity contribution is 7.97. The maximum Gasteiger partial charge on any atom is 0.224 e. The number of para-hydroxylation sites is 1. The molecule has 0 spiro atoms. The molecule has 5 rings (SSSR count). The van der Waals surface area contributed by atoms with Crippen molar-refractivity contribution in [2.75, 3.05) is 11.9 Å². The molecule has 1 aromatic heterocycles. The van der Waals surface area contributed by atoms with E-state index in [0.717, 1.165) is 38.0 Å². The maximum atomic E-state index is 12.5. The quantitative estimate of drug-likeness (QED) is 0.158. The fourth-order valence-electron chi connectivity index (χ4n) is 4.77. The number of carbonyl (C=O) groups is 1. The summed E-state index contributed by atoms with van der Waals surface area (Å²) in [5.74, 6) is 0.0849. The number of hydrogen-bond donors (Lipinski definition) is 2. The summed E-state index contributed by atoms with van der Waals surface area (Å²) in [5.41, 5.74) is 3.32. The topological polar surface area (TPSA) is 46.1 Å². The third-order valence-electron chi connectivity index (χ3n) is 6.49. The largest absolute Gasteiger partial charge is 0.341 e. The second-order valence-corrected chi connectivity index (χ2v) is 9.76. The minimum absolute atomic E-state index is 0.0849. The van der Waals surface area contributed by atoms with Gasteiger partial charge in [-0.3, -0.25) is 9.52 Å². The first-order valence-electron chi connectivity index (χ1n) is 12.4. The summed E-state index contributed by atoms with van der Waals surface area (Å²) >= 11 is 1.69. The fourth-order valence-corrected chi connectivity index (χ4v) is 5.61. The number of unbranched alkanes of at least 4 members (excludes halogenated alkanes) is 2. The van der Waals surface area contributed by atoms with Crippen molar-refractivity contribution in [2.24, 2.45) is 0 Å². The van der Waals surface area contributed by atoms with Gasteiger partial charge in [-0.1, -0.05) is 61.0 Å². The second kappa shape index (κ2) is 11.0. The lowest BCUT2D eigenvalue weighted by molar-refractivity contribution is -0.116. The SMILES string of the molecule is CCn1c2ccccc2c2cc(NC(=O)CCCCCNSc3cccc4ccccc34)ccc21. The highest BCUT2D eigenvalue weighted by Crippen LogP contribution is 2.31. The van der Waals surface area contributed by atoms with Gasteiger partial charge in [-0.2, -0.15) is 0 Å². The van der Waals surface area contributed by atoms with E-state index in [1.54, 1.807) is 11.9 Å². The van der Waals surface area contributed by atoms with Gasteiger partial charge in [-0.15, -0.1) is 0 Å². The molecule has 0 saturated carbocycles. The van der Waals surface area contributed by atoms with Gasteiger partial charge in [-0.25, -0.2) is 0 Å². The molecule has 2 N–H and O–H groups in total. The molecule has 0 radical (unpaired) electrons. The normalized spacial score (nSPS) is 11.5. The van der Waals surface area contributed by atoms with Crippen LogP contribution in [0.15, 0.2) is 89.8 Å². The Morgan fingerprint density at radius 1 is 0.800 bits per heavy atom. The molecule has 1 amide bonds. The van der Waals surface area contributed by atoms with Gasteiger partial charge in [0.05, 0.1) is 0 Å². The third kappa shape index (κ3) is 5.21. The molecule has 1 heterocycles. The van der Waals surface area contributed by atoms with Crippen molar-refractivity contribution in [3.8, 4) is 0 Å². The number of benzene rings is 4. The predicted molar refractivity (Wildman–Crippen MR) is 150 cm³/mol. The van der Waals surface area contributed by atoms with Crippen molar-refractivity contribution in [3.63, 3.8) is 0 Å². The number of anilines is 1. The molecule has 4 nitrogen and oxygen atoms in total. The summed E-state index contributed by atoms with van der Waals surface area (Å²) < 4.78 is 5.80. The molecule has 5 aromatic rings. The van der Waals surface area contributed by atoms with Crippen molar-refractivity contribution in [1.29, 1.82) is 0 Å². The lowest BCUT2D eigenvalue weighted by Crippen LogP contribution is -2.11. The van der Waals surface area contributed by atoms with Crippen LogP contribution in [0.4, 0.5) is 5.69 Å². The lowest BCUT2D eigenvalue weighted by atomic mass is 10.1. The first-order chi connectivity index (χ1) is 17.2. The van der Waals surface area contributed by atoms with Crippen LogP contribution in [0.1, 0.15) is 32.6 Å². The number of hydrogen-bond acceptors (Lipinski definition) is 3. The highest BCUT2D eigenvalue weighted by Gasteiger charge is 2.11. The number of rotatable bonds is 10. The Hall–Kier alpha value is -3.28. The lowest BCUT2D eigenvalue weighted by Gasteiger charge is -2.08. The average molecular weight is 482 g/mol. The molecule has 0 aliphatic rings. The molecular weight excluding hydrogens is 450 g/mol. The smallest absolute Gasteiger partial charge is 0.224 e. The molecule has 178 valence electrons. The zero-order valence-electron chi connectivity index (χ0n) is 20.1. The standard InChI is InChI=1S/C30H31N3OS/c1-2-33-27-15-8-7-14-25(27)26-21-23(18-19-28(26)33)32-30(34)17-4-3-9-20-31-35-29-16-10-12-22-11-5-6-13-24(22)29/h5-8,10-16,18-19,21,31H,2-4,9,17,20H2,1H3,(H,32,34). The van der Waals surface area contributed by atoms with E-state index < -0.39 is 0 Å². The Bertz CT molecular complexity index is 1470. The van der Waals surface area contributed by atoms with Gasteiger partial charge >= 0.3 is 0 Å². The molecule has 0 unspecified atom stereocenters. The van der Waals surface area contributed by atoms with Crippen LogP contribution in [-0.2, 0) is 11.3 Å². The summed E-state index contributed by atoms with van der Waals surface area (Å²) in [4.78, 5) is 13.8. The van der Waals surface area contributed by atoms with Gasteiger partial charge in [0, 0.05) is 51.9 Å². The minimum atomic E-state index is 0.0849. The van der Waals surface area contributed by atoms with E-state index in [1.165, 1.54) is 37.5 Å². The van der Waals surface area contributed by atoms with Crippen molar-refractivity contribution in [3.05, 3.63) is 84.9 Å². The van der Waals surface area contributed by atoms with Gasteiger partial charge in [0.25, 0.3) is 0 Å². The van der Waals surface area contributed by atoms with Crippen LogP contribution in [-0.4, -0.2) is 17.0 Å². The molecule has 0 saturated heterocycles. The fraction of sp³-hybridized carbons (Fsp3) is 0.233. The third-order valence-corrected chi connectivity index (χ3v) is 7.41. The van der Waals surface area contributed by atoms with Crippen LogP contribution in [0.3, 0.4) is 0 Å². The van der Waals surface area contributed by atoms with Crippen LogP contribution in [0.2, 0.25) is 0 Å². The highest BCUT2D eigenvalue weighted by atomic mass is 32.2. The van der Waals surface area contributed by atoms with Crippen LogP contribution >= 0.6 is 11.9 Å². The Balaban J connectivity index is 1.08. The first-order valence-corrected chi connectivity index (χ1v) is 13.2. The van der Waals surface area contributed by atoms with Crippen LogP contribution in [0, 0.1) is 0 Å². The molecule has 0 aliphatic heterocycles. The molecule has 0 aliphatic carbocycles. The van der Waals surface area contributed by atoms with Crippen molar-refractivity contribution < 1.29 is 4.79 Å². The first kappa shape index (κ1) is 23.5. The predicted octanol–water partition coefficient (Wildman–Crippen LogP) is 7.76. The number of carbonyl (C=O) groups excluding carboxylic acids is 1. The molecule has 35 heavy (non-hydrogen) atoms. The van der Waals surface area contributed by atoms with Crippen molar-refractivity contribution >= 4 is 56.1 Å².